The summed E-state index contributed by atoms with van der Waals surface area (Å²) in [6.07, 6.45) is 5.54. The number of hydrogen-bond acceptors (Lipinski definition) is 4. The van der Waals surface area contributed by atoms with E-state index in [2.05, 4.69) is 20.9 Å². The van der Waals surface area contributed by atoms with Gasteiger partial charge in [-0.25, -0.2) is 4.99 Å². The van der Waals surface area contributed by atoms with Crippen molar-refractivity contribution in [3.8, 4) is 11.5 Å². The molecular weight excluding hydrogens is 356 g/mol. The Bertz CT molecular complexity index is 659. The average Bonchev–Trinajstić information content (AvgIpc) is 2.75. The molecule has 3 rings (SSSR count). The topological polar surface area (TPSA) is 84.0 Å². The number of benzene rings is 1. The number of para-hydroxylation sites is 2. The van der Waals surface area contributed by atoms with Crippen molar-refractivity contribution in [2.75, 3.05) is 32.8 Å². The molecule has 1 heterocycles. The lowest BCUT2D eigenvalue weighted by Crippen LogP contribution is -2.43. The maximum absolute atomic E-state index is 12.2. The van der Waals surface area contributed by atoms with E-state index < -0.39 is 0 Å². The molecule has 1 aromatic carbocycles. The van der Waals surface area contributed by atoms with Crippen LogP contribution in [0.4, 0.5) is 0 Å². The quantitative estimate of drug-likeness (QED) is 0.378. The van der Waals surface area contributed by atoms with Crippen LogP contribution in [-0.2, 0) is 4.79 Å². The molecule has 1 aromatic rings. The second-order valence-corrected chi connectivity index (χ2v) is 7.27. The normalized spacial score (nSPS) is 19.8. The van der Waals surface area contributed by atoms with Crippen LogP contribution in [0.1, 0.15) is 39.0 Å². The third kappa shape index (κ3) is 6.04. The minimum Gasteiger partial charge on any atom is -0.486 e. The standard InChI is InChI=1S/C21H32N4O3/c1-2-22-21(24-13-12-23-20(26)16-8-4-3-5-9-16)25-14-17-15-27-18-10-6-7-11-19(18)28-17/h6-7,10-11,16-17H,2-5,8-9,12-15H2,1H3,(H,23,26)(H2,22,24,25). The number of hydrogen-bond donors (Lipinski definition) is 3. The second kappa shape index (κ2) is 10.8. The van der Waals surface area contributed by atoms with Crippen LogP contribution < -0.4 is 25.4 Å². The summed E-state index contributed by atoms with van der Waals surface area (Å²) in [5.41, 5.74) is 0. The Kier molecular flexibility index (Phi) is 7.82. The van der Waals surface area contributed by atoms with Gasteiger partial charge in [-0.1, -0.05) is 31.4 Å². The van der Waals surface area contributed by atoms with Crippen molar-refractivity contribution in [3.05, 3.63) is 24.3 Å². The van der Waals surface area contributed by atoms with E-state index in [1.807, 2.05) is 31.2 Å². The molecule has 7 heteroatoms. The van der Waals surface area contributed by atoms with Gasteiger partial charge < -0.3 is 25.4 Å². The number of carbonyl (C=O) groups is 1. The van der Waals surface area contributed by atoms with Gasteiger partial charge in [-0.05, 0) is 31.9 Å². The van der Waals surface area contributed by atoms with Gasteiger partial charge in [0.2, 0.25) is 5.91 Å². The highest BCUT2D eigenvalue weighted by Crippen LogP contribution is 2.30. The number of nitrogens with one attached hydrogen (secondary N) is 3. The molecule has 1 aliphatic carbocycles. The first-order chi connectivity index (χ1) is 13.8. The minimum atomic E-state index is -0.114. The molecule has 3 N–H and O–H groups in total. The molecule has 1 amide bonds. The molecule has 1 saturated carbocycles. The Morgan fingerprint density at radius 1 is 1.07 bits per heavy atom. The number of fused-ring (bicyclic) bond motifs is 1. The number of nitrogens with zero attached hydrogens (tertiary/aromatic N) is 1. The number of carbonyl (C=O) groups excluding carboxylic acids is 1. The summed E-state index contributed by atoms with van der Waals surface area (Å²) in [6.45, 7) is 5.00. The molecule has 1 fully saturated rings. The van der Waals surface area contributed by atoms with Crippen LogP contribution in [0.2, 0.25) is 0 Å². The van der Waals surface area contributed by atoms with Crippen molar-refractivity contribution in [2.45, 2.75) is 45.1 Å². The fraction of sp³-hybridized carbons (Fsp3) is 0.619. The van der Waals surface area contributed by atoms with Gasteiger partial charge in [-0.3, -0.25) is 4.79 Å². The molecule has 0 aromatic heterocycles. The number of guanidine groups is 1. The predicted octanol–water partition coefficient (Wildman–Crippen LogP) is 2.08. The number of aliphatic imine (C=N–C) groups is 1. The van der Waals surface area contributed by atoms with Gasteiger partial charge in [-0.2, -0.15) is 0 Å². The van der Waals surface area contributed by atoms with Gasteiger partial charge in [0.05, 0.1) is 6.54 Å². The third-order valence-electron chi connectivity index (χ3n) is 5.06. The SMILES string of the molecule is CCNC(=NCC1COc2ccccc2O1)NCCNC(=O)C1CCCCC1. The molecule has 0 radical (unpaired) electrons. The van der Waals surface area contributed by atoms with Crippen molar-refractivity contribution in [1.82, 2.24) is 16.0 Å². The van der Waals surface area contributed by atoms with Crippen LogP contribution in [0.3, 0.4) is 0 Å². The highest BCUT2D eigenvalue weighted by atomic mass is 16.6. The van der Waals surface area contributed by atoms with Gasteiger partial charge in [0.1, 0.15) is 6.61 Å². The molecule has 7 nitrogen and oxygen atoms in total. The summed E-state index contributed by atoms with van der Waals surface area (Å²) < 4.78 is 11.7. The third-order valence-corrected chi connectivity index (χ3v) is 5.06. The Hall–Kier alpha value is -2.44. The zero-order chi connectivity index (χ0) is 19.6. The van der Waals surface area contributed by atoms with Gasteiger partial charge >= 0.3 is 0 Å². The van der Waals surface area contributed by atoms with Crippen molar-refractivity contribution >= 4 is 11.9 Å². The highest BCUT2D eigenvalue weighted by Gasteiger charge is 2.21. The van der Waals surface area contributed by atoms with Gasteiger partial charge in [0, 0.05) is 25.6 Å². The molecular formula is C21H32N4O3. The maximum atomic E-state index is 12.2. The first-order valence-electron chi connectivity index (χ1n) is 10.4. The van der Waals surface area contributed by atoms with E-state index in [1.54, 1.807) is 0 Å². The number of rotatable bonds is 7. The maximum Gasteiger partial charge on any atom is 0.223 e. The van der Waals surface area contributed by atoms with E-state index in [4.69, 9.17) is 9.47 Å². The largest absolute Gasteiger partial charge is 0.486 e. The van der Waals surface area contributed by atoms with Crippen LogP contribution in [0, 0.1) is 5.92 Å². The lowest BCUT2D eigenvalue weighted by Gasteiger charge is -2.25. The van der Waals surface area contributed by atoms with Crippen molar-refractivity contribution in [3.63, 3.8) is 0 Å². The van der Waals surface area contributed by atoms with Gasteiger partial charge in [-0.15, -0.1) is 0 Å². The van der Waals surface area contributed by atoms with Gasteiger partial charge in [0.25, 0.3) is 0 Å². The van der Waals surface area contributed by atoms with Gasteiger partial charge in [0.15, 0.2) is 23.6 Å². The zero-order valence-corrected chi connectivity index (χ0v) is 16.7. The summed E-state index contributed by atoms with van der Waals surface area (Å²) in [5.74, 6) is 2.65. The Morgan fingerprint density at radius 2 is 1.82 bits per heavy atom. The summed E-state index contributed by atoms with van der Waals surface area (Å²) in [6, 6.07) is 7.67. The van der Waals surface area contributed by atoms with E-state index >= 15 is 0 Å². The number of ether oxygens (including phenoxy) is 2. The second-order valence-electron chi connectivity index (χ2n) is 7.27. The monoisotopic (exact) mass is 388 g/mol. The fourth-order valence-corrected chi connectivity index (χ4v) is 3.56. The van der Waals surface area contributed by atoms with E-state index in [1.165, 1.54) is 19.3 Å². The molecule has 0 bridgehead atoms. The summed E-state index contributed by atoms with van der Waals surface area (Å²) >= 11 is 0. The first kappa shape index (κ1) is 20.3. The van der Waals surface area contributed by atoms with Crippen LogP contribution >= 0.6 is 0 Å². The molecule has 154 valence electrons. The zero-order valence-electron chi connectivity index (χ0n) is 16.7. The van der Waals surface area contributed by atoms with Crippen molar-refractivity contribution in [2.24, 2.45) is 10.9 Å². The summed E-state index contributed by atoms with van der Waals surface area (Å²) in [5, 5.41) is 9.53. The first-order valence-corrected chi connectivity index (χ1v) is 10.4. The van der Waals surface area contributed by atoms with Crippen LogP contribution in [0.15, 0.2) is 29.3 Å². The number of amides is 1. The van der Waals surface area contributed by atoms with Crippen molar-refractivity contribution in [1.29, 1.82) is 0 Å². The molecule has 1 atom stereocenters. The van der Waals surface area contributed by atoms with E-state index in [0.29, 0.717) is 26.2 Å². The van der Waals surface area contributed by atoms with Crippen LogP contribution in [-0.4, -0.2) is 50.8 Å². The Labute approximate surface area is 167 Å². The van der Waals surface area contributed by atoms with E-state index in [0.717, 1.165) is 36.8 Å². The molecule has 0 spiro atoms. The fourth-order valence-electron chi connectivity index (χ4n) is 3.56. The van der Waals surface area contributed by atoms with Crippen LogP contribution in [0.5, 0.6) is 11.5 Å². The lowest BCUT2D eigenvalue weighted by atomic mass is 9.89. The summed E-state index contributed by atoms with van der Waals surface area (Å²) in [7, 11) is 0. The molecule has 0 saturated heterocycles. The van der Waals surface area contributed by atoms with Crippen molar-refractivity contribution < 1.29 is 14.3 Å². The molecule has 1 unspecified atom stereocenters. The molecule has 2 aliphatic rings. The Balaban J connectivity index is 1.40. The summed E-state index contributed by atoms with van der Waals surface area (Å²) in [4.78, 5) is 16.8. The lowest BCUT2D eigenvalue weighted by molar-refractivity contribution is -0.125. The highest BCUT2D eigenvalue weighted by molar-refractivity contribution is 5.80. The predicted molar refractivity (Wildman–Crippen MR) is 110 cm³/mol. The Morgan fingerprint density at radius 3 is 2.61 bits per heavy atom. The molecule has 1 aliphatic heterocycles. The average molecular weight is 389 g/mol. The van der Waals surface area contributed by atoms with E-state index in [-0.39, 0.29) is 17.9 Å². The van der Waals surface area contributed by atoms with Crippen LogP contribution in [0.25, 0.3) is 0 Å². The smallest absolute Gasteiger partial charge is 0.223 e. The minimum absolute atomic E-state index is 0.114. The molecule has 28 heavy (non-hydrogen) atoms. The van der Waals surface area contributed by atoms with E-state index in [9.17, 15) is 4.79 Å².